The predicted octanol–water partition coefficient (Wildman–Crippen LogP) is -2.29. The van der Waals surface area contributed by atoms with E-state index in [2.05, 4.69) is 4.98 Å². The maximum atomic E-state index is 12.1. The second-order valence-electron chi connectivity index (χ2n) is 6.30. The van der Waals surface area contributed by atoms with Crippen LogP contribution in [0.1, 0.15) is 19.1 Å². The molecule has 0 radical (unpaired) electrons. The van der Waals surface area contributed by atoms with Crippen molar-refractivity contribution in [3.63, 3.8) is 0 Å². The molecule has 0 aliphatic carbocycles. The number of aliphatic hydroxyl groups is 3. The normalized spacial score (nSPS) is 38.8. The van der Waals surface area contributed by atoms with Gasteiger partial charge in [0.1, 0.15) is 12.2 Å². The summed E-state index contributed by atoms with van der Waals surface area (Å²) in [6, 6.07) is 1.10. The average molecular weight is 358 g/mol. The van der Waals surface area contributed by atoms with Crippen LogP contribution in [0.15, 0.2) is 21.9 Å². The Morgan fingerprint density at radius 1 is 1.48 bits per heavy atom. The molecule has 2 fully saturated rings. The minimum atomic E-state index is -2.01. The molecule has 0 saturated carbocycles. The first-order chi connectivity index (χ1) is 11.9. The smallest absolute Gasteiger partial charge is 0.330 e. The van der Waals surface area contributed by atoms with Gasteiger partial charge >= 0.3 is 5.69 Å². The Labute approximate surface area is 142 Å². The van der Waals surface area contributed by atoms with Crippen molar-refractivity contribution in [3.05, 3.63) is 33.1 Å². The number of nitrogens with one attached hydrogen (secondary N) is 1. The molecule has 4 N–H and O–H groups in total. The van der Waals surface area contributed by atoms with Crippen molar-refractivity contribution in [1.82, 2.24) is 9.55 Å². The lowest BCUT2D eigenvalue weighted by Crippen LogP contribution is -2.59. The zero-order chi connectivity index (χ0) is 18.2. The van der Waals surface area contributed by atoms with Crippen molar-refractivity contribution in [2.75, 3.05) is 20.3 Å². The van der Waals surface area contributed by atoms with Crippen LogP contribution >= 0.6 is 0 Å². The molecule has 0 spiro atoms. The fraction of sp³-hybridized carbons (Fsp3) is 0.733. The predicted molar refractivity (Wildman–Crippen MR) is 83.0 cm³/mol. The van der Waals surface area contributed by atoms with Gasteiger partial charge < -0.3 is 29.5 Å². The summed E-state index contributed by atoms with van der Waals surface area (Å²) in [5, 5.41) is 31.3. The lowest BCUT2D eigenvalue weighted by molar-refractivity contribution is -0.211. The van der Waals surface area contributed by atoms with E-state index in [-0.39, 0.29) is 12.5 Å². The van der Waals surface area contributed by atoms with Crippen LogP contribution in [-0.2, 0) is 14.2 Å². The number of ether oxygens (including phenoxy) is 3. The molecular weight excluding hydrogens is 336 g/mol. The Balaban J connectivity index is 2.02. The third kappa shape index (κ3) is 3.05. The fourth-order valence-corrected chi connectivity index (χ4v) is 3.49. The van der Waals surface area contributed by atoms with E-state index in [0.29, 0.717) is 13.0 Å². The number of aliphatic hydroxyl groups excluding tert-OH is 2. The highest BCUT2D eigenvalue weighted by atomic mass is 16.6. The molecule has 3 heterocycles. The van der Waals surface area contributed by atoms with Gasteiger partial charge in [0.15, 0.2) is 11.8 Å². The van der Waals surface area contributed by atoms with Gasteiger partial charge in [-0.2, -0.15) is 0 Å². The number of aromatic nitrogens is 2. The van der Waals surface area contributed by atoms with Gasteiger partial charge in [0.05, 0.1) is 18.8 Å². The van der Waals surface area contributed by atoms with Gasteiger partial charge in [0, 0.05) is 32.4 Å². The van der Waals surface area contributed by atoms with Crippen LogP contribution in [0.2, 0.25) is 0 Å². The van der Waals surface area contributed by atoms with Crippen molar-refractivity contribution >= 4 is 0 Å². The molecule has 10 nitrogen and oxygen atoms in total. The summed E-state index contributed by atoms with van der Waals surface area (Å²) >= 11 is 0. The number of aromatic amines is 1. The van der Waals surface area contributed by atoms with Crippen molar-refractivity contribution < 1.29 is 29.5 Å². The fourth-order valence-electron chi connectivity index (χ4n) is 3.49. The SMILES string of the molecule is COC1CCOC([C@@]2(O)[C@H](O)[C@@H](CO)O[C@H]2n2ccc(=O)[nH]c2=O)C1. The second kappa shape index (κ2) is 6.98. The number of hydrogen-bond donors (Lipinski definition) is 4. The van der Waals surface area contributed by atoms with Gasteiger partial charge in [-0.1, -0.05) is 0 Å². The van der Waals surface area contributed by atoms with Crippen LogP contribution in [0, 0.1) is 0 Å². The minimum absolute atomic E-state index is 0.184. The van der Waals surface area contributed by atoms with Crippen molar-refractivity contribution in [2.45, 2.75) is 49.1 Å². The lowest BCUT2D eigenvalue weighted by Gasteiger charge is -2.41. The van der Waals surface area contributed by atoms with Gasteiger partial charge in [0.2, 0.25) is 0 Å². The van der Waals surface area contributed by atoms with Gasteiger partial charge in [-0.3, -0.25) is 14.3 Å². The number of H-pyrrole nitrogens is 1. The van der Waals surface area contributed by atoms with Gasteiger partial charge in [-0.25, -0.2) is 4.79 Å². The Morgan fingerprint density at radius 2 is 2.24 bits per heavy atom. The Bertz CT molecular complexity index is 718. The molecule has 0 bridgehead atoms. The molecule has 0 aromatic carbocycles. The van der Waals surface area contributed by atoms with Crippen LogP contribution in [0.3, 0.4) is 0 Å². The number of rotatable bonds is 4. The van der Waals surface area contributed by atoms with Crippen LogP contribution in [0.25, 0.3) is 0 Å². The number of methoxy groups -OCH3 is 1. The molecule has 1 aromatic heterocycles. The van der Waals surface area contributed by atoms with Crippen molar-refractivity contribution in [3.8, 4) is 0 Å². The lowest BCUT2D eigenvalue weighted by atomic mass is 9.83. The molecule has 140 valence electrons. The summed E-state index contributed by atoms with van der Waals surface area (Å²) in [6.45, 7) is -0.256. The zero-order valence-electron chi connectivity index (χ0n) is 13.7. The molecule has 3 rings (SSSR count). The molecule has 10 heteroatoms. The van der Waals surface area contributed by atoms with Crippen LogP contribution in [-0.4, -0.2) is 75.2 Å². The first kappa shape index (κ1) is 18.2. The largest absolute Gasteiger partial charge is 0.394 e. The standard InChI is InChI=1S/C15H22N2O8/c1-23-8-3-5-24-10(6-8)15(22)12(20)9(7-18)25-13(15)17-4-2-11(19)16-14(17)21/h2,4,8-10,12-13,18,20,22H,3,5-7H2,1H3,(H,16,19,21)/t8?,9-,10?,12-,13-,15-/m1/s1. The van der Waals surface area contributed by atoms with Crippen molar-refractivity contribution in [2.24, 2.45) is 0 Å². The molecule has 2 aliphatic heterocycles. The first-order valence-corrected chi connectivity index (χ1v) is 8.04. The summed E-state index contributed by atoms with van der Waals surface area (Å²) in [5.41, 5.74) is -3.41. The highest BCUT2D eigenvalue weighted by Gasteiger charge is 2.61. The highest BCUT2D eigenvalue weighted by Crippen LogP contribution is 2.43. The van der Waals surface area contributed by atoms with E-state index in [0.717, 1.165) is 10.6 Å². The van der Waals surface area contributed by atoms with Gasteiger partial charge in [-0.15, -0.1) is 0 Å². The first-order valence-electron chi connectivity index (χ1n) is 8.04. The van der Waals surface area contributed by atoms with E-state index in [9.17, 15) is 24.9 Å². The molecule has 25 heavy (non-hydrogen) atoms. The summed E-state index contributed by atoms with van der Waals surface area (Å²) in [4.78, 5) is 25.5. The van der Waals surface area contributed by atoms with E-state index in [1.54, 1.807) is 7.11 Å². The Hall–Kier alpha value is -1.56. The molecule has 0 amide bonds. The van der Waals surface area contributed by atoms with Crippen LogP contribution in [0.5, 0.6) is 0 Å². The molecule has 2 unspecified atom stereocenters. The van der Waals surface area contributed by atoms with E-state index in [4.69, 9.17) is 14.2 Å². The molecule has 2 saturated heterocycles. The summed E-state index contributed by atoms with van der Waals surface area (Å²) in [7, 11) is 1.54. The summed E-state index contributed by atoms with van der Waals surface area (Å²) in [6.07, 6.45) is -2.95. The van der Waals surface area contributed by atoms with E-state index in [1.165, 1.54) is 6.20 Å². The van der Waals surface area contributed by atoms with Crippen molar-refractivity contribution in [1.29, 1.82) is 0 Å². The van der Waals surface area contributed by atoms with Crippen LogP contribution < -0.4 is 11.2 Å². The Morgan fingerprint density at radius 3 is 2.88 bits per heavy atom. The second-order valence-corrected chi connectivity index (χ2v) is 6.30. The third-order valence-corrected chi connectivity index (χ3v) is 4.89. The minimum Gasteiger partial charge on any atom is -0.394 e. The average Bonchev–Trinajstić information content (AvgIpc) is 2.87. The third-order valence-electron chi connectivity index (χ3n) is 4.89. The molecule has 6 atom stereocenters. The number of hydrogen-bond acceptors (Lipinski definition) is 8. The summed E-state index contributed by atoms with van der Waals surface area (Å²) in [5.74, 6) is 0. The maximum absolute atomic E-state index is 12.1. The zero-order valence-corrected chi connectivity index (χ0v) is 13.7. The maximum Gasteiger partial charge on any atom is 0.330 e. The summed E-state index contributed by atoms with van der Waals surface area (Å²) < 4.78 is 17.5. The quantitative estimate of drug-likeness (QED) is 0.471. The Kier molecular flexibility index (Phi) is 5.09. The highest BCUT2D eigenvalue weighted by molar-refractivity contribution is 5.08. The van der Waals surface area contributed by atoms with E-state index < -0.39 is 48.0 Å². The van der Waals surface area contributed by atoms with Gasteiger partial charge in [0.25, 0.3) is 5.56 Å². The van der Waals surface area contributed by atoms with E-state index in [1.807, 2.05) is 0 Å². The molecule has 1 aromatic rings. The number of nitrogens with zero attached hydrogens (tertiary/aromatic N) is 1. The van der Waals surface area contributed by atoms with Crippen LogP contribution in [0.4, 0.5) is 0 Å². The van der Waals surface area contributed by atoms with Gasteiger partial charge in [-0.05, 0) is 6.42 Å². The molecular formula is C15H22N2O8. The monoisotopic (exact) mass is 358 g/mol. The topological polar surface area (TPSA) is 143 Å². The molecule has 2 aliphatic rings. The van der Waals surface area contributed by atoms with E-state index >= 15 is 0 Å².